The minimum absolute atomic E-state index is 0.00121. The Bertz CT molecular complexity index is 1610. The summed E-state index contributed by atoms with van der Waals surface area (Å²) in [5.41, 5.74) is 7.43. The number of carbonyl (C=O) groups is 1. The zero-order valence-electron chi connectivity index (χ0n) is 23.8. The second-order valence-corrected chi connectivity index (χ2v) is 14.4. The van der Waals surface area contributed by atoms with Gasteiger partial charge in [0.25, 0.3) is 6.43 Å². The quantitative estimate of drug-likeness (QED) is 0.365. The van der Waals surface area contributed by atoms with Gasteiger partial charge in [0.15, 0.2) is 0 Å². The first-order valence-corrected chi connectivity index (χ1v) is 16.4. The highest BCUT2D eigenvalue weighted by molar-refractivity contribution is 7.92. The number of amides is 1. The number of anilines is 2. The molecular weight excluding hydrogens is 544 g/mol. The van der Waals surface area contributed by atoms with Crippen molar-refractivity contribution in [2.24, 2.45) is 7.05 Å². The number of fused-ring (bicyclic) bond motifs is 2. The van der Waals surface area contributed by atoms with Crippen LogP contribution in [-0.4, -0.2) is 42.8 Å². The molecule has 41 heavy (non-hydrogen) atoms. The normalized spacial score (nSPS) is 22.0. The second kappa shape index (κ2) is 10.5. The van der Waals surface area contributed by atoms with Gasteiger partial charge in [-0.2, -0.15) is 5.10 Å². The average molecular weight is 582 g/mol. The minimum Gasteiger partial charge on any atom is -0.341 e. The summed E-state index contributed by atoms with van der Waals surface area (Å²) in [6, 6.07) is 8.01. The van der Waals surface area contributed by atoms with Crippen molar-refractivity contribution in [3.63, 3.8) is 0 Å². The molecule has 1 aliphatic carbocycles. The topological polar surface area (TPSA) is 82.3 Å². The Hall–Kier alpha value is -3.27. The summed E-state index contributed by atoms with van der Waals surface area (Å²) >= 11 is 0. The number of carbonyl (C=O) groups excluding carboxylic acids is 1. The number of hydrogen-bond donors (Lipinski definition) is 1. The van der Waals surface area contributed by atoms with Crippen molar-refractivity contribution in [2.45, 2.75) is 76.1 Å². The molecule has 10 heteroatoms. The molecule has 1 amide bonds. The molecule has 1 atom stereocenters. The third-order valence-corrected chi connectivity index (χ3v) is 10.9. The van der Waals surface area contributed by atoms with E-state index in [9.17, 15) is 17.8 Å². The number of nitrogens with zero attached hydrogens (tertiary/aromatic N) is 4. The van der Waals surface area contributed by atoms with Gasteiger partial charge in [-0.1, -0.05) is 6.07 Å². The summed E-state index contributed by atoms with van der Waals surface area (Å²) < 4.78 is 51.0. The number of nitrogens with one attached hydrogen (secondary N) is 1. The molecule has 0 unspecified atom stereocenters. The van der Waals surface area contributed by atoms with Crippen LogP contribution in [-0.2, 0) is 41.1 Å². The van der Waals surface area contributed by atoms with Crippen molar-refractivity contribution in [3.05, 3.63) is 64.5 Å². The molecule has 0 spiro atoms. The van der Waals surface area contributed by atoms with E-state index in [1.807, 2.05) is 11.0 Å². The number of alkyl halides is 2. The maximum absolute atomic E-state index is 14.5. The van der Waals surface area contributed by atoms with E-state index >= 15 is 0 Å². The summed E-state index contributed by atoms with van der Waals surface area (Å²) in [6.07, 6.45) is 7.26. The molecule has 218 valence electrons. The third kappa shape index (κ3) is 5.27. The highest BCUT2D eigenvalue weighted by Crippen LogP contribution is 2.46. The van der Waals surface area contributed by atoms with Crippen LogP contribution in [0.2, 0.25) is 0 Å². The lowest BCUT2D eigenvalue weighted by Gasteiger charge is -2.35. The maximum Gasteiger partial charge on any atom is 0.264 e. The van der Waals surface area contributed by atoms with Crippen molar-refractivity contribution in [1.29, 1.82) is 4.78 Å². The molecule has 2 aromatic carbocycles. The van der Waals surface area contributed by atoms with E-state index in [4.69, 9.17) is 4.78 Å². The summed E-state index contributed by atoms with van der Waals surface area (Å²) in [4.78, 5) is 16.4. The molecule has 3 aromatic rings. The van der Waals surface area contributed by atoms with E-state index in [2.05, 4.69) is 22.1 Å². The Morgan fingerprint density at radius 2 is 1.83 bits per heavy atom. The fourth-order valence-electron chi connectivity index (χ4n) is 6.95. The maximum atomic E-state index is 14.5. The molecule has 0 bridgehead atoms. The van der Waals surface area contributed by atoms with Gasteiger partial charge >= 0.3 is 0 Å². The van der Waals surface area contributed by atoms with Gasteiger partial charge in [0.05, 0.1) is 6.20 Å². The highest BCUT2D eigenvalue weighted by atomic mass is 32.2. The summed E-state index contributed by atoms with van der Waals surface area (Å²) in [5, 5.41) is 4.13. The largest absolute Gasteiger partial charge is 0.341 e. The van der Waals surface area contributed by atoms with Crippen LogP contribution in [0, 0.1) is 4.78 Å². The predicted molar refractivity (Wildman–Crippen MR) is 157 cm³/mol. The first-order chi connectivity index (χ1) is 19.5. The first kappa shape index (κ1) is 27.9. The standard InChI is InChI=1S/C31H37F2N5O2S/c1-19(39)37-17-23-11-22(20-6-8-25(9-7-20)41(3,34)40)13-30(28(23)18-37)38-10-4-5-21-12-26(24-15-35-36(2)16-24)27(31(32)33)14-29(21)38/h11-16,20,25,31,34H,4-10,17-18H2,1-3H3/t20?,25?,41-/m1/s1. The Morgan fingerprint density at radius 1 is 1.07 bits per heavy atom. The lowest BCUT2D eigenvalue weighted by Crippen LogP contribution is -2.27. The number of rotatable bonds is 5. The SMILES string of the molecule is CC(=O)N1Cc2cc(C3CCC([S@](C)(=N)=O)CC3)cc(N3CCCc4cc(-c5cnn(C)c5)c(C(F)F)cc43)c2C1. The Balaban J connectivity index is 1.43. The van der Waals surface area contributed by atoms with Gasteiger partial charge in [-0.15, -0.1) is 0 Å². The van der Waals surface area contributed by atoms with E-state index in [0.717, 1.165) is 66.6 Å². The molecule has 1 aromatic heterocycles. The van der Waals surface area contributed by atoms with E-state index in [-0.39, 0.29) is 22.6 Å². The molecule has 7 nitrogen and oxygen atoms in total. The van der Waals surface area contributed by atoms with Crippen molar-refractivity contribution >= 4 is 27.0 Å². The monoisotopic (exact) mass is 581 g/mol. The Labute approximate surface area is 240 Å². The van der Waals surface area contributed by atoms with Crippen LogP contribution in [0.3, 0.4) is 0 Å². The Kier molecular flexibility index (Phi) is 7.16. The summed E-state index contributed by atoms with van der Waals surface area (Å²) in [5.74, 6) is 0.291. The fraction of sp³-hybridized carbons (Fsp3) is 0.484. The van der Waals surface area contributed by atoms with Crippen LogP contribution in [0.1, 0.15) is 79.2 Å². The van der Waals surface area contributed by atoms with Gasteiger partial charge in [-0.3, -0.25) is 14.3 Å². The van der Waals surface area contributed by atoms with Crippen molar-refractivity contribution in [3.8, 4) is 11.1 Å². The predicted octanol–water partition coefficient (Wildman–Crippen LogP) is 6.67. The minimum atomic E-state index is -2.63. The number of halogens is 2. The number of aromatic nitrogens is 2. The molecule has 0 saturated heterocycles. The number of aryl methyl sites for hydroxylation is 2. The molecule has 0 radical (unpaired) electrons. The van der Waals surface area contributed by atoms with Gasteiger partial charge < -0.3 is 9.80 Å². The van der Waals surface area contributed by atoms with Crippen molar-refractivity contribution in [2.75, 3.05) is 17.7 Å². The average Bonchev–Trinajstić information content (AvgIpc) is 3.57. The van der Waals surface area contributed by atoms with Crippen LogP contribution < -0.4 is 4.90 Å². The highest BCUT2D eigenvalue weighted by Gasteiger charge is 2.33. The molecule has 6 rings (SSSR count). The van der Waals surface area contributed by atoms with Gasteiger partial charge in [0.2, 0.25) is 5.91 Å². The van der Waals surface area contributed by atoms with Gasteiger partial charge in [-0.25, -0.2) is 13.0 Å². The summed E-state index contributed by atoms with van der Waals surface area (Å²) in [6.45, 7) is 3.34. The molecule has 2 aliphatic heterocycles. The number of benzene rings is 2. The number of hydrogen-bond acceptors (Lipinski definition) is 5. The van der Waals surface area contributed by atoms with Crippen LogP contribution in [0.4, 0.5) is 20.2 Å². The smallest absolute Gasteiger partial charge is 0.264 e. The zero-order chi connectivity index (χ0) is 29.1. The van der Waals surface area contributed by atoms with Gasteiger partial charge in [0, 0.05) is 89.1 Å². The molecule has 3 heterocycles. The third-order valence-electron chi connectivity index (χ3n) is 9.19. The molecule has 1 fully saturated rings. The molecule has 3 aliphatic rings. The van der Waals surface area contributed by atoms with Crippen LogP contribution in [0.5, 0.6) is 0 Å². The van der Waals surface area contributed by atoms with Crippen LogP contribution in [0.25, 0.3) is 11.1 Å². The zero-order valence-corrected chi connectivity index (χ0v) is 24.6. The lowest BCUT2D eigenvalue weighted by atomic mass is 9.82. The van der Waals surface area contributed by atoms with Gasteiger partial charge in [-0.05, 0) is 84.9 Å². The van der Waals surface area contributed by atoms with E-state index in [0.29, 0.717) is 30.8 Å². The van der Waals surface area contributed by atoms with E-state index < -0.39 is 16.2 Å². The second-order valence-electron chi connectivity index (χ2n) is 12.0. The van der Waals surface area contributed by atoms with E-state index in [1.54, 1.807) is 43.4 Å². The van der Waals surface area contributed by atoms with Crippen LogP contribution >= 0.6 is 0 Å². The van der Waals surface area contributed by atoms with Crippen molar-refractivity contribution < 1.29 is 17.8 Å². The first-order valence-electron chi connectivity index (χ1n) is 14.3. The van der Waals surface area contributed by atoms with Crippen molar-refractivity contribution in [1.82, 2.24) is 14.7 Å². The van der Waals surface area contributed by atoms with Gasteiger partial charge in [0.1, 0.15) is 0 Å². The molecule has 1 N–H and O–H groups in total. The summed E-state index contributed by atoms with van der Waals surface area (Å²) in [7, 11) is -0.788. The molecular formula is C31H37F2N5O2S. The van der Waals surface area contributed by atoms with Crippen LogP contribution in [0.15, 0.2) is 36.7 Å². The fourth-order valence-corrected chi connectivity index (χ4v) is 8.12. The molecule has 1 saturated carbocycles. The van der Waals surface area contributed by atoms with E-state index in [1.165, 1.54) is 5.56 Å². The Morgan fingerprint density at radius 3 is 2.46 bits per heavy atom. The lowest BCUT2D eigenvalue weighted by molar-refractivity contribution is -0.129.